The molecule has 1 aliphatic rings. The number of amides is 1. The van der Waals surface area contributed by atoms with Gasteiger partial charge in [-0.2, -0.15) is 0 Å². The van der Waals surface area contributed by atoms with Gasteiger partial charge >= 0.3 is 0 Å². The van der Waals surface area contributed by atoms with Crippen molar-refractivity contribution in [3.8, 4) is 5.88 Å². The summed E-state index contributed by atoms with van der Waals surface area (Å²) < 4.78 is 11.8. The van der Waals surface area contributed by atoms with Gasteiger partial charge in [0.15, 0.2) is 0 Å². The summed E-state index contributed by atoms with van der Waals surface area (Å²) in [5.74, 6) is 0.105. The van der Waals surface area contributed by atoms with Gasteiger partial charge in [-0.1, -0.05) is 0 Å². The van der Waals surface area contributed by atoms with E-state index in [1.165, 1.54) is 11.8 Å². The van der Waals surface area contributed by atoms with E-state index < -0.39 is 0 Å². The summed E-state index contributed by atoms with van der Waals surface area (Å²) in [5.41, 5.74) is 0.403. The van der Waals surface area contributed by atoms with Crippen LogP contribution in [0.2, 0.25) is 0 Å². The summed E-state index contributed by atoms with van der Waals surface area (Å²) in [4.78, 5) is 14.0. The average Bonchev–Trinajstić information content (AvgIpc) is 2.79. The Balaban J connectivity index is 2.23. The largest absolute Gasteiger partial charge is 0.479 e. The molecule has 1 aromatic heterocycles. The molecule has 1 aliphatic heterocycles. The molecule has 2 rings (SSSR count). The van der Waals surface area contributed by atoms with Crippen LogP contribution in [-0.4, -0.2) is 65.2 Å². The molecule has 1 atom stereocenters. The maximum absolute atomic E-state index is 12.4. The van der Waals surface area contributed by atoms with Crippen molar-refractivity contribution in [2.45, 2.75) is 6.04 Å². The lowest BCUT2D eigenvalue weighted by Gasteiger charge is -2.34. The summed E-state index contributed by atoms with van der Waals surface area (Å²) in [7, 11) is 3.20. The van der Waals surface area contributed by atoms with E-state index >= 15 is 0 Å². The first-order valence-electron chi connectivity index (χ1n) is 5.74. The van der Waals surface area contributed by atoms with Crippen molar-refractivity contribution >= 4 is 5.91 Å². The van der Waals surface area contributed by atoms with Gasteiger partial charge in [0.05, 0.1) is 33.0 Å². The zero-order valence-corrected chi connectivity index (χ0v) is 10.5. The number of aliphatic hydroxyl groups excluding tert-OH is 1. The third kappa shape index (κ3) is 2.32. The van der Waals surface area contributed by atoms with Gasteiger partial charge in [0.2, 0.25) is 5.88 Å². The Morgan fingerprint density at radius 3 is 3.17 bits per heavy atom. The summed E-state index contributed by atoms with van der Waals surface area (Å²) in [6, 6.07) is -0.309. The molecule has 18 heavy (non-hydrogen) atoms. The Kier molecular flexibility index (Phi) is 3.83. The molecule has 1 unspecified atom stereocenters. The average molecular weight is 255 g/mol. The lowest BCUT2D eigenvalue weighted by Crippen LogP contribution is -2.50. The van der Waals surface area contributed by atoms with Crippen LogP contribution in [0.3, 0.4) is 0 Å². The lowest BCUT2D eigenvalue weighted by molar-refractivity contribution is -0.0185. The highest BCUT2D eigenvalue weighted by Gasteiger charge is 2.30. The first-order chi connectivity index (χ1) is 8.67. The molecule has 0 spiro atoms. The molecule has 1 N–H and O–H groups in total. The quantitative estimate of drug-likeness (QED) is 0.770. The normalized spacial score (nSPS) is 19.9. The molecule has 100 valence electrons. The van der Waals surface area contributed by atoms with Gasteiger partial charge in [0.25, 0.3) is 5.91 Å². The minimum atomic E-state index is -0.309. The monoisotopic (exact) mass is 255 g/mol. The second-order valence-corrected chi connectivity index (χ2v) is 4.14. The van der Waals surface area contributed by atoms with E-state index in [0.717, 1.165) is 0 Å². The van der Waals surface area contributed by atoms with Crippen molar-refractivity contribution in [1.82, 2.24) is 14.7 Å². The molecule has 1 saturated heterocycles. The van der Waals surface area contributed by atoms with Gasteiger partial charge in [-0.05, 0) is 0 Å². The minimum absolute atomic E-state index is 0.117. The van der Waals surface area contributed by atoms with Gasteiger partial charge in [-0.3, -0.25) is 9.48 Å². The first-order valence-corrected chi connectivity index (χ1v) is 5.74. The Morgan fingerprint density at radius 2 is 2.50 bits per heavy atom. The molecule has 0 saturated carbocycles. The molecule has 7 nitrogen and oxygen atoms in total. The van der Waals surface area contributed by atoms with Crippen molar-refractivity contribution in [3.63, 3.8) is 0 Å². The molecule has 1 aromatic rings. The minimum Gasteiger partial charge on any atom is -0.479 e. The summed E-state index contributed by atoms with van der Waals surface area (Å²) >= 11 is 0. The second kappa shape index (κ2) is 5.36. The maximum atomic E-state index is 12.4. The SMILES string of the molecule is COc1nn(C)cc1C(=O)N1CCOCC1CO. The van der Waals surface area contributed by atoms with Crippen LogP contribution >= 0.6 is 0 Å². The van der Waals surface area contributed by atoms with Crippen LogP contribution < -0.4 is 4.74 Å². The molecule has 0 bridgehead atoms. The van der Waals surface area contributed by atoms with Crippen LogP contribution in [0.5, 0.6) is 5.88 Å². The fourth-order valence-corrected chi connectivity index (χ4v) is 1.99. The topological polar surface area (TPSA) is 76.8 Å². The molecular formula is C11H17N3O4. The molecule has 1 fully saturated rings. The number of carbonyl (C=O) groups is 1. The van der Waals surface area contributed by atoms with Gasteiger partial charge < -0.3 is 19.5 Å². The van der Waals surface area contributed by atoms with E-state index in [4.69, 9.17) is 9.47 Å². The molecule has 0 aliphatic carbocycles. The number of hydrogen-bond acceptors (Lipinski definition) is 5. The third-order valence-corrected chi connectivity index (χ3v) is 2.92. The Morgan fingerprint density at radius 1 is 1.72 bits per heavy atom. The number of morpholine rings is 1. The second-order valence-electron chi connectivity index (χ2n) is 4.14. The number of aromatic nitrogens is 2. The predicted octanol–water partition coefficient (Wildman–Crippen LogP) is -0.738. The Labute approximate surface area is 105 Å². The molecular weight excluding hydrogens is 238 g/mol. The molecule has 0 aromatic carbocycles. The van der Waals surface area contributed by atoms with Crippen molar-refractivity contribution in [3.05, 3.63) is 11.8 Å². The third-order valence-electron chi connectivity index (χ3n) is 2.92. The number of aliphatic hydroxyl groups is 1. The van der Waals surface area contributed by atoms with Gasteiger partial charge in [0.1, 0.15) is 5.56 Å². The predicted molar refractivity (Wildman–Crippen MR) is 62.5 cm³/mol. The Hall–Kier alpha value is -1.60. The van der Waals surface area contributed by atoms with E-state index in [0.29, 0.717) is 31.2 Å². The summed E-state index contributed by atoms with van der Waals surface area (Å²) in [6.45, 7) is 1.17. The standard InChI is InChI=1S/C11H17N3O4/c1-13-5-9(10(12-13)17-2)11(16)14-3-4-18-7-8(14)6-15/h5,8,15H,3-4,6-7H2,1-2H3. The van der Waals surface area contributed by atoms with Gasteiger partial charge in [0, 0.05) is 19.8 Å². The number of ether oxygens (including phenoxy) is 2. The van der Waals surface area contributed by atoms with E-state index in [1.54, 1.807) is 18.1 Å². The fourth-order valence-electron chi connectivity index (χ4n) is 1.99. The highest BCUT2D eigenvalue weighted by molar-refractivity contribution is 5.96. The fraction of sp³-hybridized carbons (Fsp3) is 0.636. The number of hydrogen-bond donors (Lipinski definition) is 1. The van der Waals surface area contributed by atoms with Gasteiger partial charge in [-0.25, -0.2) is 0 Å². The highest BCUT2D eigenvalue weighted by Crippen LogP contribution is 2.19. The number of aryl methyl sites for hydroxylation is 1. The van der Waals surface area contributed by atoms with Crippen molar-refractivity contribution in [2.24, 2.45) is 7.05 Å². The van der Waals surface area contributed by atoms with Crippen LogP contribution in [0.1, 0.15) is 10.4 Å². The van der Waals surface area contributed by atoms with Crippen molar-refractivity contribution in [2.75, 3.05) is 33.5 Å². The number of carbonyl (C=O) groups excluding carboxylic acids is 1. The lowest BCUT2D eigenvalue weighted by atomic mass is 10.2. The summed E-state index contributed by atoms with van der Waals surface area (Å²) in [6.07, 6.45) is 1.62. The van der Waals surface area contributed by atoms with E-state index in [2.05, 4.69) is 5.10 Å². The number of methoxy groups -OCH3 is 1. The van der Waals surface area contributed by atoms with E-state index in [1.807, 2.05) is 0 Å². The van der Waals surface area contributed by atoms with Crippen LogP contribution in [0, 0.1) is 0 Å². The van der Waals surface area contributed by atoms with Crippen LogP contribution in [-0.2, 0) is 11.8 Å². The molecule has 0 radical (unpaired) electrons. The zero-order valence-electron chi connectivity index (χ0n) is 10.5. The Bertz CT molecular complexity index is 432. The van der Waals surface area contributed by atoms with Crippen molar-refractivity contribution in [1.29, 1.82) is 0 Å². The zero-order chi connectivity index (χ0) is 13.1. The number of nitrogens with zero attached hydrogens (tertiary/aromatic N) is 3. The smallest absolute Gasteiger partial charge is 0.261 e. The highest BCUT2D eigenvalue weighted by atomic mass is 16.5. The first kappa shape index (κ1) is 12.8. The number of rotatable bonds is 3. The van der Waals surface area contributed by atoms with Gasteiger partial charge in [-0.15, -0.1) is 5.10 Å². The molecule has 7 heteroatoms. The summed E-state index contributed by atoms with van der Waals surface area (Å²) in [5, 5.41) is 13.3. The van der Waals surface area contributed by atoms with Crippen LogP contribution in [0.4, 0.5) is 0 Å². The van der Waals surface area contributed by atoms with E-state index in [-0.39, 0.29) is 18.6 Å². The van der Waals surface area contributed by atoms with Crippen LogP contribution in [0.25, 0.3) is 0 Å². The maximum Gasteiger partial charge on any atom is 0.261 e. The van der Waals surface area contributed by atoms with E-state index in [9.17, 15) is 9.90 Å². The van der Waals surface area contributed by atoms with Crippen molar-refractivity contribution < 1.29 is 19.4 Å². The van der Waals surface area contributed by atoms with Crippen LogP contribution in [0.15, 0.2) is 6.20 Å². The molecule has 1 amide bonds. The molecule has 2 heterocycles.